The number of benzene rings is 4. The second-order valence-electron chi connectivity index (χ2n) is 10.5. The average Bonchev–Trinajstić information content (AvgIpc) is 3.36. The second kappa shape index (κ2) is 11.3. The molecule has 6 rings (SSSR count). The highest BCUT2D eigenvalue weighted by molar-refractivity contribution is 6.12. The Bertz CT molecular complexity index is 1670. The van der Waals surface area contributed by atoms with Gasteiger partial charge in [-0.15, -0.1) is 0 Å². The third-order valence-corrected chi connectivity index (χ3v) is 7.68. The third kappa shape index (κ3) is 5.26. The molecule has 0 spiro atoms. The van der Waals surface area contributed by atoms with Crippen molar-refractivity contribution in [2.24, 2.45) is 0 Å². The zero-order chi connectivity index (χ0) is 29.2. The van der Waals surface area contributed by atoms with Crippen LogP contribution in [0, 0.1) is 0 Å². The van der Waals surface area contributed by atoms with Gasteiger partial charge in [-0.25, -0.2) is 0 Å². The summed E-state index contributed by atoms with van der Waals surface area (Å²) < 4.78 is 5.40. The molecule has 1 fully saturated rings. The van der Waals surface area contributed by atoms with Gasteiger partial charge in [-0.3, -0.25) is 19.2 Å². The summed E-state index contributed by atoms with van der Waals surface area (Å²) in [7, 11) is 0. The monoisotopic (exact) mass is 559 g/mol. The number of carbonyl (C=O) groups is 4. The molecule has 0 unspecified atom stereocenters. The highest BCUT2D eigenvalue weighted by Crippen LogP contribution is 2.33. The number of anilines is 2. The maximum Gasteiger partial charge on any atom is 0.302 e. The fraction of sp³-hybridized carbons (Fsp3) is 0.176. The molecule has 8 heteroatoms. The molecule has 0 aromatic heterocycles. The van der Waals surface area contributed by atoms with Crippen molar-refractivity contribution in [3.05, 3.63) is 120 Å². The number of rotatable bonds is 5. The molecule has 0 aliphatic carbocycles. The predicted octanol–water partition coefficient (Wildman–Crippen LogP) is 5.41. The maximum absolute atomic E-state index is 13.8. The van der Waals surface area contributed by atoms with Crippen molar-refractivity contribution in [3.8, 4) is 11.1 Å². The minimum atomic E-state index is -0.409. The molecule has 1 saturated heterocycles. The summed E-state index contributed by atoms with van der Waals surface area (Å²) in [5.74, 6) is -1.10. The van der Waals surface area contributed by atoms with E-state index in [1.807, 2.05) is 48.5 Å². The summed E-state index contributed by atoms with van der Waals surface area (Å²) in [4.78, 5) is 55.4. The number of carbonyl (C=O) groups excluding carboxylic acids is 4. The van der Waals surface area contributed by atoms with Crippen molar-refractivity contribution >= 4 is 35.1 Å². The van der Waals surface area contributed by atoms with Gasteiger partial charge in [0.05, 0.1) is 23.8 Å². The zero-order valence-electron chi connectivity index (χ0n) is 23.0. The Labute approximate surface area is 243 Å². The first-order valence-corrected chi connectivity index (χ1v) is 13.8. The van der Waals surface area contributed by atoms with Crippen LogP contribution in [0.4, 0.5) is 11.4 Å². The summed E-state index contributed by atoms with van der Waals surface area (Å²) in [6.45, 7) is 1.92. The molecule has 2 heterocycles. The van der Waals surface area contributed by atoms with Crippen molar-refractivity contribution in [2.75, 3.05) is 23.3 Å². The molecule has 0 bridgehead atoms. The molecule has 8 nitrogen and oxygen atoms in total. The van der Waals surface area contributed by atoms with Gasteiger partial charge in [-0.05, 0) is 53.6 Å². The largest absolute Gasteiger partial charge is 0.461 e. The van der Waals surface area contributed by atoms with Crippen molar-refractivity contribution in [1.29, 1.82) is 0 Å². The summed E-state index contributed by atoms with van der Waals surface area (Å²) in [5, 5.41) is 2.94. The first-order chi connectivity index (χ1) is 20.4. The molecule has 0 radical (unpaired) electrons. The summed E-state index contributed by atoms with van der Waals surface area (Å²) in [5.41, 5.74) is 4.26. The zero-order valence-corrected chi connectivity index (χ0v) is 23.0. The lowest BCUT2D eigenvalue weighted by Crippen LogP contribution is -2.42. The normalized spacial score (nSPS) is 17.6. The van der Waals surface area contributed by atoms with Gasteiger partial charge in [-0.1, -0.05) is 60.7 Å². The number of hydrogen-bond donors (Lipinski definition) is 1. The Morgan fingerprint density at radius 2 is 1.45 bits per heavy atom. The number of para-hydroxylation sites is 1. The number of esters is 1. The highest BCUT2D eigenvalue weighted by Gasteiger charge is 2.42. The van der Waals surface area contributed by atoms with Crippen LogP contribution in [0.25, 0.3) is 11.1 Å². The van der Waals surface area contributed by atoms with Gasteiger partial charge in [0.25, 0.3) is 17.7 Å². The van der Waals surface area contributed by atoms with Crippen molar-refractivity contribution in [1.82, 2.24) is 4.90 Å². The van der Waals surface area contributed by atoms with Crippen molar-refractivity contribution in [3.63, 3.8) is 0 Å². The molecule has 4 aromatic rings. The fourth-order valence-electron chi connectivity index (χ4n) is 5.76. The van der Waals surface area contributed by atoms with Gasteiger partial charge in [0, 0.05) is 36.7 Å². The number of fused-ring (bicyclic) bond motifs is 2. The summed E-state index contributed by atoms with van der Waals surface area (Å²) in [6.07, 6.45) is 0.0481. The summed E-state index contributed by atoms with van der Waals surface area (Å²) in [6, 6.07) is 30.6. The topological polar surface area (TPSA) is 96.0 Å². The van der Waals surface area contributed by atoms with E-state index >= 15 is 0 Å². The number of nitrogens with one attached hydrogen (secondary N) is 1. The van der Waals surface area contributed by atoms with E-state index in [1.165, 1.54) is 6.92 Å². The van der Waals surface area contributed by atoms with Crippen LogP contribution in [0.1, 0.15) is 44.4 Å². The molecule has 1 N–H and O–H groups in total. The molecule has 2 atom stereocenters. The highest BCUT2D eigenvalue weighted by atomic mass is 16.5. The van der Waals surface area contributed by atoms with Gasteiger partial charge in [-0.2, -0.15) is 0 Å². The van der Waals surface area contributed by atoms with E-state index < -0.39 is 12.1 Å². The van der Waals surface area contributed by atoms with E-state index in [-0.39, 0.29) is 30.3 Å². The minimum Gasteiger partial charge on any atom is -0.461 e. The smallest absolute Gasteiger partial charge is 0.302 e. The van der Waals surface area contributed by atoms with Crippen LogP contribution in [0.3, 0.4) is 0 Å². The third-order valence-electron chi connectivity index (χ3n) is 7.68. The van der Waals surface area contributed by atoms with Crippen molar-refractivity contribution in [2.45, 2.75) is 25.5 Å². The standard InChI is InChI=1S/C34H29N3O5/c1-22(38)42-27-19-26-20-37(31-14-8-7-13-30(31)34(41)36(26)21-27)33(40)24-15-17-25(18-16-24)35-32(39)29-12-6-5-11-28(29)23-9-3-2-4-10-23/h2-18,26-27H,19-21H2,1H3,(H,35,39)/t26-,27-/m1/s1. The number of hydrogen-bond acceptors (Lipinski definition) is 5. The lowest BCUT2D eigenvalue weighted by Gasteiger charge is -2.26. The van der Waals surface area contributed by atoms with E-state index in [0.717, 1.165) is 11.1 Å². The maximum atomic E-state index is 13.8. The average molecular weight is 560 g/mol. The molecule has 42 heavy (non-hydrogen) atoms. The Morgan fingerprint density at radius 3 is 2.19 bits per heavy atom. The van der Waals surface area contributed by atoms with Gasteiger partial charge < -0.3 is 19.9 Å². The first kappa shape index (κ1) is 27.0. The van der Waals surface area contributed by atoms with E-state index in [0.29, 0.717) is 41.0 Å². The Hall–Kier alpha value is -5.24. The molecule has 3 amide bonds. The van der Waals surface area contributed by atoms with Crippen LogP contribution in [-0.4, -0.2) is 53.8 Å². The van der Waals surface area contributed by atoms with E-state index in [9.17, 15) is 19.2 Å². The van der Waals surface area contributed by atoms with Gasteiger partial charge in [0.15, 0.2) is 0 Å². The number of nitrogens with zero attached hydrogens (tertiary/aromatic N) is 2. The lowest BCUT2D eigenvalue weighted by molar-refractivity contribution is -0.145. The van der Waals surface area contributed by atoms with Gasteiger partial charge >= 0.3 is 5.97 Å². The van der Waals surface area contributed by atoms with Crippen LogP contribution in [0.2, 0.25) is 0 Å². The first-order valence-electron chi connectivity index (χ1n) is 13.8. The number of ether oxygens (including phenoxy) is 1. The predicted molar refractivity (Wildman–Crippen MR) is 159 cm³/mol. The molecule has 2 aliphatic rings. The Balaban J connectivity index is 1.22. The van der Waals surface area contributed by atoms with E-state index in [2.05, 4.69) is 5.32 Å². The fourth-order valence-corrected chi connectivity index (χ4v) is 5.76. The van der Waals surface area contributed by atoms with Crippen LogP contribution < -0.4 is 10.2 Å². The molecule has 0 saturated carbocycles. The molecule has 4 aromatic carbocycles. The molecular formula is C34H29N3O5. The van der Waals surface area contributed by atoms with Gasteiger partial charge in [0.1, 0.15) is 6.10 Å². The quantitative estimate of drug-likeness (QED) is 0.330. The Kier molecular flexibility index (Phi) is 7.27. The second-order valence-corrected chi connectivity index (χ2v) is 10.5. The van der Waals surface area contributed by atoms with E-state index in [4.69, 9.17) is 4.74 Å². The van der Waals surface area contributed by atoms with Crippen LogP contribution in [-0.2, 0) is 9.53 Å². The molecule has 210 valence electrons. The van der Waals surface area contributed by atoms with Crippen LogP contribution >= 0.6 is 0 Å². The van der Waals surface area contributed by atoms with Crippen molar-refractivity contribution < 1.29 is 23.9 Å². The van der Waals surface area contributed by atoms with Gasteiger partial charge in [0.2, 0.25) is 0 Å². The summed E-state index contributed by atoms with van der Waals surface area (Å²) >= 11 is 0. The van der Waals surface area contributed by atoms with E-state index in [1.54, 1.807) is 64.4 Å². The van der Waals surface area contributed by atoms with Crippen LogP contribution in [0.15, 0.2) is 103 Å². The Morgan fingerprint density at radius 1 is 0.786 bits per heavy atom. The van der Waals surface area contributed by atoms with Crippen LogP contribution in [0.5, 0.6) is 0 Å². The SMILES string of the molecule is CC(=O)O[C@@H]1C[C@@H]2CN(C(=O)c3ccc(NC(=O)c4ccccc4-c4ccccc4)cc3)c3ccccc3C(=O)N2C1. The minimum absolute atomic E-state index is 0.186. The molecule has 2 aliphatic heterocycles. The number of amides is 3. The molecular weight excluding hydrogens is 530 g/mol. The lowest BCUT2D eigenvalue weighted by atomic mass is 9.99.